The number of nitrogens with two attached hydrogens (primary N) is 1. The van der Waals surface area contributed by atoms with E-state index < -0.39 is 5.97 Å². The molecule has 0 fully saturated rings. The topological polar surface area (TPSA) is 116 Å². The van der Waals surface area contributed by atoms with Crippen LogP contribution in [-0.2, 0) is 17.1 Å². The van der Waals surface area contributed by atoms with Gasteiger partial charge >= 0.3 is 5.97 Å². The van der Waals surface area contributed by atoms with E-state index in [0.717, 1.165) is 22.0 Å². The van der Waals surface area contributed by atoms with Crippen molar-refractivity contribution in [2.75, 3.05) is 11.1 Å². The van der Waals surface area contributed by atoms with E-state index in [0.29, 0.717) is 5.56 Å². The summed E-state index contributed by atoms with van der Waals surface area (Å²) in [4.78, 5) is 30.0. The molecule has 0 spiro atoms. The number of ether oxygens (including phenoxy) is 1. The fraction of sp³-hybridized carbons (Fsp3) is 0.0952. The van der Waals surface area contributed by atoms with Crippen molar-refractivity contribution in [1.29, 1.82) is 0 Å². The van der Waals surface area contributed by atoms with Gasteiger partial charge in [-0.25, -0.2) is 9.78 Å². The van der Waals surface area contributed by atoms with Gasteiger partial charge in [0.25, 0.3) is 0 Å². The fourth-order valence-corrected chi connectivity index (χ4v) is 4.04. The maximum Gasteiger partial charge on any atom is 0.338 e. The van der Waals surface area contributed by atoms with Crippen molar-refractivity contribution < 1.29 is 9.53 Å². The van der Waals surface area contributed by atoms with E-state index in [-0.39, 0.29) is 24.3 Å². The number of thioether (sulfide) groups is 1. The summed E-state index contributed by atoms with van der Waals surface area (Å²) in [5.74, 6) is 0.905. The Morgan fingerprint density at radius 3 is 2.61 bits per heavy atom. The Labute approximate surface area is 187 Å². The summed E-state index contributed by atoms with van der Waals surface area (Å²) >= 11 is 3.23. The van der Waals surface area contributed by atoms with Crippen molar-refractivity contribution in [3.05, 3.63) is 82.6 Å². The van der Waals surface area contributed by atoms with Gasteiger partial charge in [-0.3, -0.25) is 0 Å². The molecular weight excluding hydrogens is 432 g/mol. The minimum absolute atomic E-state index is 0.0426. The molecule has 4 aromatic rings. The summed E-state index contributed by atoms with van der Waals surface area (Å²) in [5.41, 5.74) is 9.87. The molecule has 0 unspecified atom stereocenters. The van der Waals surface area contributed by atoms with Crippen molar-refractivity contribution in [3.63, 3.8) is 0 Å². The van der Waals surface area contributed by atoms with E-state index in [1.165, 1.54) is 0 Å². The van der Waals surface area contributed by atoms with Crippen molar-refractivity contribution >= 4 is 46.7 Å². The summed E-state index contributed by atoms with van der Waals surface area (Å²) in [6.45, 7) is -0.116. The molecule has 0 atom stereocenters. The number of carbonyl (C=O) groups excluding carboxylic acids is 1. The lowest BCUT2D eigenvalue weighted by Gasteiger charge is -2.08. The van der Waals surface area contributed by atoms with Crippen molar-refractivity contribution in [2.24, 2.45) is 0 Å². The molecule has 2 aromatic heterocycles. The van der Waals surface area contributed by atoms with E-state index in [1.807, 2.05) is 53.4 Å². The first-order valence-electron chi connectivity index (χ1n) is 9.25. The molecule has 8 nitrogen and oxygen atoms in total. The second kappa shape index (κ2) is 10.0. The molecule has 0 amide bonds. The van der Waals surface area contributed by atoms with Gasteiger partial charge in [-0.1, -0.05) is 18.2 Å². The van der Waals surface area contributed by atoms with Crippen molar-refractivity contribution in [1.82, 2.24) is 19.9 Å². The van der Waals surface area contributed by atoms with Crippen LogP contribution < -0.4 is 11.1 Å². The number of nitrogens with zero attached hydrogens (tertiary/aromatic N) is 4. The number of aromatic nitrogens is 4. The highest BCUT2D eigenvalue weighted by atomic mass is 32.2. The number of nitrogen functional groups attached to an aromatic ring is 1. The first-order chi connectivity index (χ1) is 15.2. The van der Waals surface area contributed by atoms with Crippen LogP contribution in [0.1, 0.15) is 21.9 Å². The number of hydrogen-bond acceptors (Lipinski definition) is 10. The first-order valence-corrected chi connectivity index (χ1v) is 11.2. The normalized spacial score (nSPS) is 10.6. The number of rotatable bonds is 8. The minimum Gasteiger partial charge on any atom is -0.454 e. The van der Waals surface area contributed by atoms with E-state index in [2.05, 4.69) is 25.3 Å². The smallest absolute Gasteiger partial charge is 0.338 e. The second-order valence-electron chi connectivity index (χ2n) is 6.29. The molecule has 31 heavy (non-hydrogen) atoms. The minimum atomic E-state index is -0.465. The van der Waals surface area contributed by atoms with Crippen LogP contribution in [0.2, 0.25) is 0 Å². The molecule has 3 N–H and O–H groups in total. The zero-order chi connectivity index (χ0) is 21.5. The molecule has 0 aliphatic heterocycles. The van der Waals surface area contributed by atoms with Gasteiger partial charge in [0.1, 0.15) is 0 Å². The van der Waals surface area contributed by atoms with Crippen LogP contribution in [0.5, 0.6) is 0 Å². The highest BCUT2D eigenvalue weighted by Gasteiger charge is 2.11. The van der Waals surface area contributed by atoms with Crippen LogP contribution in [-0.4, -0.2) is 25.9 Å². The number of anilines is 3. The predicted molar refractivity (Wildman–Crippen MR) is 121 cm³/mol. The van der Waals surface area contributed by atoms with Crippen LogP contribution in [0, 0.1) is 0 Å². The third-order valence-corrected chi connectivity index (χ3v) is 5.70. The molecule has 4 rings (SSSR count). The molecular formula is C21H18N6O2S2. The van der Waals surface area contributed by atoms with Gasteiger partial charge in [0.15, 0.2) is 12.4 Å². The Hall–Kier alpha value is -3.50. The van der Waals surface area contributed by atoms with Gasteiger partial charge in [0.05, 0.1) is 16.8 Å². The summed E-state index contributed by atoms with van der Waals surface area (Å²) in [5, 5.41) is 5.07. The molecule has 0 saturated carbocycles. The summed E-state index contributed by atoms with van der Waals surface area (Å²) in [6.07, 6.45) is 0. The number of carbonyl (C=O) groups is 1. The third kappa shape index (κ3) is 6.00. The number of para-hydroxylation sites is 1. The van der Waals surface area contributed by atoms with Gasteiger partial charge in [0, 0.05) is 21.7 Å². The average molecular weight is 451 g/mol. The van der Waals surface area contributed by atoms with Gasteiger partial charge in [-0.05, 0) is 36.4 Å². The molecule has 0 aliphatic rings. The van der Waals surface area contributed by atoms with Gasteiger partial charge < -0.3 is 15.8 Å². The summed E-state index contributed by atoms with van der Waals surface area (Å²) in [7, 11) is 0. The van der Waals surface area contributed by atoms with Gasteiger partial charge in [-0.2, -0.15) is 15.0 Å². The van der Waals surface area contributed by atoms with E-state index in [1.54, 1.807) is 35.2 Å². The summed E-state index contributed by atoms with van der Waals surface area (Å²) in [6, 6.07) is 16.7. The second-order valence-corrected chi connectivity index (χ2v) is 8.06. The monoisotopic (exact) mass is 450 g/mol. The van der Waals surface area contributed by atoms with Crippen LogP contribution in [0.25, 0.3) is 0 Å². The largest absolute Gasteiger partial charge is 0.454 e. The van der Waals surface area contributed by atoms with Crippen LogP contribution in [0.3, 0.4) is 0 Å². The standard InChI is InChI=1S/C21H18N6O2S2/c22-20-25-18(26-21(27-20)24-15-4-2-1-3-5-15)10-29-19(28)14-6-8-17(9-7-14)31-12-16-11-30-13-23-16/h1-9,11,13H,10,12H2,(H3,22,24,25,26,27). The first kappa shape index (κ1) is 20.8. The zero-order valence-electron chi connectivity index (χ0n) is 16.3. The zero-order valence-corrected chi connectivity index (χ0v) is 17.9. The molecule has 2 aromatic carbocycles. The Bertz CT molecular complexity index is 1140. The molecule has 2 heterocycles. The van der Waals surface area contributed by atoms with Crippen molar-refractivity contribution in [3.8, 4) is 0 Å². The van der Waals surface area contributed by atoms with Gasteiger partial charge in [0.2, 0.25) is 11.9 Å². The van der Waals surface area contributed by atoms with Crippen LogP contribution >= 0.6 is 23.1 Å². The van der Waals surface area contributed by atoms with E-state index >= 15 is 0 Å². The number of benzene rings is 2. The molecule has 0 bridgehead atoms. The maximum absolute atomic E-state index is 12.4. The fourth-order valence-electron chi connectivity index (χ4n) is 2.58. The Balaban J connectivity index is 1.33. The third-order valence-electron chi connectivity index (χ3n) is 4.02. The number of nitrogens with one attached hydrogen (secondary N) is 1. The Kier molecular flexibility index (Phi) is 6.70. The van der Waals surface area contributed by atoms with E-state index in [9.17, 15) is 4.79 Å². The van der Waals surface area contributed by atoms with E-state index in [4.69, 9.17) is 10.5 Å². The maximum atomic E-state index is 12.4. The average Bonchev–Trinajstić information content (AvgIpc) is 3.30. The number of esters is 1. The molecule has 0 radical (unpaired) electrons. The molecule has 0 aliphatic carbocycles. The highest BCUT2D eigenvalue weighted by molar-refractivity contribution is 7.98. The highest BCUT2D eigenvalue weighted by Crippen LogP contribution is 2.23. The van der Waals surface area contributed by atoms with Crippen LogP contribution in [0.15, 0.2) is 70.4 Å². The Morgan fingerprint density at radius 1 is 1.06 bits per heavy atom. The summed E-state index contributed by atoms with van der Waals surface area (Å²) < 4.78 is 5.34. The quantitative estimate of drug-likeness (QED) is 0.299. The Morgan fingerprint density at radius 2 is 1.87 bits per heavy atom. The number of thiazole rings is 1. The molecule has 156 valence electrons. The lowest BCUT2D eigenvalue weighted by molar-refractivity contribution is 0.0462. The predicted octanol–water partition coefficient (Wildman–Crippen LogP) is 4.30. The SMILES string of the molecule is Nc1nc(COC(=O)c2ccc(SCc3cscn3)cc2)nc(Nc2ccccc2)n1. The molecule has 0 saturated heterocycles. The van der Waals surface area contributed by atoms with Crippen molar-refractivity contribution in [2.45, 2.75) is 17.3 Å². The lowest BCUT2D eigenvalue weighted by Crippen LogP contribution is -2.11. The molecule has 10 heteroatoms. The number of hydrogen-bond donors (Lipinski definition) is 2. The van der Waals surface area contributed by atoms with Crippen LogP contribution in [0.4, 0.5) is 17.6 Å². The van der Waals surface area contributed by atoms with Gasteiger partial charge in [-0.15, -0.1) is 23.1 Å². The lowest BCUT2D eigenvalue weighted by atomic mass is 10.2.